The fourth-order valence-electron chi connectivity index (χ4n) is 1.75. The number of aryl methyl sites for hydroxylation is 1. The molecule has 1 heterocycles. The van der Waals surface area contributed by atoms with Crippen molar-refractivity contribution >= 4 is 16.6 Å². The van der Waals surface area contributed by atoms with E-state index >= 15 is 0 Å². The van der Waals surface area contributed by atoms with Crippen LogP contribution in [0.4, 0.5) is 5.69 Å². The molecule has 92 valence electrons. The number of aromatic nitrogens is 2. The standard InChI is InChI=1S/C13H14N4O/c1-9-3-4-11-10(7-9)13(15-5-6-18-2)12(8-14)17-16-11/h3-4,7H,5-6H2,1-2H3,(H,15,16). The summed E-state index contributed by atoms with van der Waals surface area (Å²) >= 11 is 0. The lowest BCUT2D eigenvalue weighted by molar-refractivity contribution is 0.211. The van der Waals surface area contributed by atoms with E-state index in [1.165, 1.54) is 0 Å². The number of fused-ring (bicyclic) bond motifs is 1. The Bertz CT molecular complexity index is 604. The van der Waals surface area contributed by atoms with Gasteiger partial charge in [-0.2, -0.15) is 5.26 Å². The van der Waals surface area contributed by atoms with Crippen molar-refractivity contribution in [2.45, 2.75) is 6.92 Å². The second kappa shape index (κ2) is 5.43. The molecule has 5 heteroatoms. The Hall–Kier alpha value is -2.19. The van der Waals surface area contributed by atoms with Gasteiger partial charge in [0.15, 0.2) is 5.69 Å². The van der Waals surface area contributed by atoms with Gasteiger partial charge in [-0.15, -0.1) is 10.2 Å². The third kappa shape index (κ3) is 2.39. The van der Waals surface area contributed by atoms with Crippen LogP contribution >= 0.6 is 0 Å². The van der Waals surface area contributed by atoms with E-state index in [0.717, 1.165) is 22.2 Å². The molecule has 1 aromatic heterocycles. The minimum Gasteiger partial charge on any atom is -0.383 e. The van der Waals surface area contributed by atoms with Gasteiger partial charge >= 0.3 is 0 Å². The van der Waals surface area contributed by atoms with Gasteiger partial charge in [0.05, 0.1) is 17.8 Å². The molecular weight excluding hydrogens is 228 g/mol. The highest BCUT2D eigenvalue weighted by Crippen LogP contribution is 2.24. The molecule has 1 N–H and O–H groups in total. The lowest BCUT2D eigenvalue weighted by Crippen LogP contribution is -2.10. The number of anilines is 1. The number of ether oxygens (including phenoxy) is 1. The van der Waals surface area contributed by atoms with E-state index in [0.29, 0.717) is 18.8 Å². The van der Waals surface area contributed by atoms with Gasteiger partial charge in [-0.25, -0.2) is 0 Å². The summed E-state index contributed by atoms with van der Waals surface area (Å²) in [7, 11) is 1.64. The smallest absolute Gasteiger partial charge is 0.186 e. The quantitative estimate of drug-likeness (QED) is 0.829. The van der Waals surface area contributed by atoms with Gasteiger partial charge in [0.2, 0.25) is 0 Å². The zero-order valence-corrected chi connectivity index (χ0v) is 10.4. The van der Waals surface area contributed by atoms with Gasteiger partial charge in [0, 0.05) is 19.0 Å². The molecule has 0 aliphatic heterocycles. The van der Waals surface area contributed by atoms with Gasteiger partial charge in [0.25, 0.3) is 0 Å². The molecule has 5 nitrogen and oxygen atoms in total. The van der Waals surface area contributed by atoms with Crippen LogP contribution in [-0.2, 0) is 4.74 Å². The van der Waals surface area contributed by atoms with Crippen LogP contribution in [0.25, 0.3) is 10.9 Å². The number of hydrogen-bond acceptors (Lipinski definition) is 5. The van der Waals surface area contributed by atoms with Crippen LogP contribution < -0.4 is 5.32 Å². The maximum Gasteiger partial charge on any atom is 0.186 e. The predicted molar refractivity (Wildman–Crippen MR) is 69.4 cm³/mol. The zero-order valence-electron chi connectivity index (χ0n) is 10.4. The lowest BCUT2D eigenvalue weighted by Gasteiger charge is -2.10. The van der Waals surface area contributed by atoms with Gasteiger partial charge in [-0.3, -0.25) is 0 Å². The van der Waals surface area contributed by atoms with Crippen LogP contribution in [0.1, 0.15) is 11.3 Å². The topological polar surface area (TPSA) is 70.8 Å². The van der Waals surface area contributed by atoms with Crippen LogP contribution in [0.5, 0.6) is 0 Å². The second-order valence-electron chi connectivity index (χ2n) is 3.98. The molecule has 0 saturated heterocycles. The van der Waals surface area contributed by atoms with Crippen molar-refractivity contribution < 1.29 is 4.74 Å². The van der Waals surface area contributed by atoms with Crippen molar-refractivity contribution in [2.75, 3.05) is 25.6 Å². The number of nitriles is 1. The Morgan fingerprint density at radius 3 is 2.94 bits per heavy atom. The van der Waals surface area contributed by atoms with E-state index in [1.807, 2.05) is 25.1 Å². The number of rotatable bonds is 4. The van der Waals surface area contributed by atoms with Crippen molar-refractivity contribution in [3.63, 3.8) is 0 Å². The average Bonchev–Trinajstić information content (AvgIpc) is 2.39. The molecule has 0 radical (unpaired) electrons. The average molecular weight is 242 g/mol. The summed E-state index contributed by atoms with van der Waals surface area (Å²) in [5.74, 6) is 0. The predicted octanol–water partition coefficient (Wildman–Crippen LogP) is 1.87. The summed E-state index contributed by atoms with van der Waals surface area (Å²) in [6, 6.07) is 7.93. The first-order chi connectivity index (χ1) is 8.76. The monoisotopic (exact) mass is 242 g/mol. The first-order valence-electron chi connectivity index (χ1n) is 5.66. The second-order valence-corrected chi connectivity index (χ2v) is 3.98. The highest BCUT2D eigenvalue weighted by atomic mass is 16.5. The van der Waals surface area contributed by atoms with E-state index in [9.17, 15) is 0 Å². The van der Waals surface area contributed by atoms with E-state index < -0.39 is 0 Å². The molecule has 0 atom stereocenters. The van der Waals surface area contributed by atoms with Crippen LogP contribution in [-0.4, -0.2) is 30.5 Å². The van der Waals surface area contributed by atoms with Gasteiger partial charge in [-0.1, -0.05) is 11.6 Å². The normalized spacial score (nSPS) is 10.3. The molecule has 2 aromatic rings. The highest BCUT2D eigenvalue weighted by molar-refractivity contribution is 5.93. The van der Waals surface area contributed by atoms with E-state index in [2.05, 4.69) is 21.6 Å². The summed E-state index contributed by atoms with van der Waals surface area (Å²) in [5.41, 5.74) is 2.93. The molecule has 0 saturated carbocycles. The summed E-state index contributed by atoms with van der Waals surface area (Å²) in [5, 5.41) is 21.1. The van der Waals surface area contributed by atoms with E-state index in [4.69, 9.17) is 10.00 Å². The number of nitrogens with zero attached hydrogens (tertiary/aromatic N) is 3. The molecule has 0 aliphatic carbocycles. The molecule has 0 aliphatic rings. The van der Waals surface area contributed by atoms with Gasteiger partial charge in [0.1, 0.15) is 6.07 Å². The Morgan fingerprint density at radius 1 is 1.39 bits per heavy atom. The van der Waals surface area contributed by atoms with Gasteiger partial charge < -0.3 is 10.1 Å². The first kappa shape index (κ1) is 12.3. The van der Waals surface area contributed by atoms with Crippen LogP contribution in [0.2, 0.25) is 0 Å². The fraction of sp³-hybridized carbons (Fsp3) is 0.308. The third-order valence-electron chi connectivity index (χ3n) is 2.63. The minimum atomic E-state index is 0.309. The molecule has 0 unspecified atom stereocenters. The van der Waals surface area contributed by atoms with Crippen molar-refractivity contribution in [2.24, 2.45) is 0 Å². The molecule has 1 aromatic carbocycles. The maximum atomic E-state index is 9.08. The largest absolute Gasteiger partial charge is 0.383 e. The number of benzene rings is 1. The Labute approximate surface area is 105 Å². The van der Waals surface area contributed by atoms with E-state index in [1.54, 1.807) is 7.11 Å². The number of nitrogens with one attached hydrogen (secondary N) is 1. The summed E-state index contributed by atoms with van der Waals surface area (Å²) < 4.78 is 4.99. The molecule has 0 amide bonds. The van der Waals surface area contributed by atoms with Crippen molar-refractivity contribution in [3.8, 4) is 6.07 Å². The van der Waals surface area contributed by atoms with Gasteiger partial charge in [-0.05, 0) is 19.1 Å². The number of methoxy groups -OCH3 is 1. The molecule has 0 spiro atoms. The highest BCUT2D eigenvalue weighted by Gasteiger charge is 2.09. The van der Waals surface area contributed by atoms with Crippen LogP contribution in [0.3, 0.4) is 0 Å². The van der Waals surface area contributed by atoms with E-state index in [-0.39, 0.29) is 0 Å². The summed E-state index contributed by atoms with van der Waals surface area (Å²) in [4.78, 5) is 0. The van der Waals surface area contributed by atoms with Crippen molar-refractivity contribution in [1.82, 2.24) is 10.2 Å². The van der Waals surface area contributed by atoms with Crippen LogP contribution in [0.15, 0.2) is 18.2 Å². The summed E-state index contributed by atoms with van der Waals surface area (Å²) in [6.45, 7) is 3.20. The molecule has 2 rings (SSSR count). The SMILES string of the molecule is COCCNc1c(C#N)nnc2ccc(C)cc12. The fourth-order valence-corrected chi connectivity index (χ4v) is 1.75. The van der Waals surface area contributed by atoms with Crippen molar-refractivity contribution in [1.29, 1.82) is 5.26 Å². The maximum absolute atomic E-state index is 9.08. The molecule has 18 heavy (non-hydrogen) atoms. The third-order valence-corrected chi connectivity index (χ3v) is 2.63. The molecular formula is C13H14N4O. The Kier molecular flexibility index (Phi) is 3.70. The minimum absolute atomic E-state index is 0.309. The molecule has 0 bridgehead atoms. The van der Waals surface area contributed by atoms with Crippen molar-refractivity contribution in [3.05, 3.63) is 29.5 Å². The summed E-state index contributed by atoms with van der Waals surface area (Å²) in [6.07, 6.45) is 0. The lowest BCUT2D eigenvalue weighted by atomic mass is 10.1. The first-order valence-corrected chi connectivity index (χ1v) is 5.66. The van der Waals surface area contributed by atoms with Crippen LogP contribution in [0, 0.1) is 18.3 Å². The molecule has 0 fully saturated rings. The zero-order chi connectivity index (χ0) is 13.0. The number of hydrogen-bond donors (Lipinski definition) is 1. The Balaban J connectivity index is 2.50. The Morgan fingerprint density at radius 2 is 2.22 bits per heavy atom.